The minimum atomic E-state index is -1.29. The van der Waals surface area contributed by atoms with Gasteiger partial charge in [-0.05, 0) is 55.2 Å². The van der Waals surface area contributed by atoms with Gasteiger partial charge in [0, 0.05) is 22.4 Å². The molecule has 0 bridgehead atoms. The van der Waals surface area contributed by atoms with Crippen LogP contribution in [0.4, 0.5) is 11.4 Å². The van der Waals surface area contributed by atoms with E-state index >= 15 is 0 Å². The molecule has 7 nitrogen and oxygen atoms in total. The molecule has 0 heterocycles. The maximum absolute atomic E-state index is 13.4. The smallest absolute Gasteiger partial charge is 0.330 e. The lowest BCUT2D eigenvalue weighted by Crippen LogP contribution is -2.33. The molecule has 4 rings (SSSR count). The average Bonchev–Trinajstić information content (AvgIpc) is 2.83. The minimum Gasteiger partial charge on any atom is -0.479 e. The highest BCUT2D eigenvalue weighted by Crippen LogP contribution is 2.37. The zero-order chi connectivity index (χ0) is 25.4. The lowest BCUT2D eigenvalue weighted by atomic mass is 9.83. The Balaban J connectivity index is 1.84. The van der Waals surface area contributed by atoms with Gasteiger partial charge in [-0.2, -0.15) is 0 Å². The number of hydrogen-bond acceptors (Lipinski definition) is 5. The Morgan fingerprint density at radius 1 is 0.914 bits per heavy atom. The van der Waals surface area contributed by atoms with Gasteiger partial charge in [-0.1, -0.05) is 49.0 Å². The molecule has 1 aliphatic rings. The van der Waals surface area contributed by atoms with Crippen molar-refractivity contribution < 1.29 is 24.3 Å². The monoisotopic (exact) mass is 468 g/mol. The van der Waals surface area contributed by atoms with Gasteiger partial charge in [0.05, 0.1) is 11.3 Å². The highest BCUT2D eigenvalue weighted by molar-refractivity contribution is 6.30. The number of carbonyl (C=O) groups is 4. The van der Waals surface area contributed by atoms with Crippen molar-refractivity contribution >= 4 is 34.8 Å². The fraction of sp³-hybridized carbons (Fsp3) is 0.143. The predicted octanol–water partition coefficient (Wildman–Crippen LogP) is 4.56. The van der Waals surface area contributed by atoms with Gasteiger partial charge in [-0.15, -0.1) is 0 Å². The number of aryl methyl sites for hydroxylation is 2. The number of fused-ring (bicyclic) bond motifs is 2. The van der Waals surface area contributed by atoms with E-state index in [1.807, 2.05) is 13.0 Å². The van der Waals surface area contributed by atoms with E-state index in [0.29, 0.717) is 44.8 Å². The number of hydrogen-bond donors (Lipinski definition) is 3. The molecule has 1 aliphatic carbocycles. The van der Waals surface area contributed by atoms with Crippen molar-refractivity contribution in [1.82, 2.24) is 5.32 Å². The van der Waals surface area contributed by atoms with Crippen LogP contribution in [0.3, 0.4) is 0 Å². The Morgan fingerprint density at radius 2 is 1.54 bits per heavy atom. The Kier molecular flexibility index (Phi) is 6.09. The number of benzene rings is 3. The van der Waals surface area contributed by atoms with Gasteiger partial charge >= 0.3 is 5.97 Å². The van der Waals surface area contributed by atoms with Crippen molar-refractivity contribution in [3.63, 3.8) is 0 Å². The summed E-state index contributed by atoms with van der Waals surface area (Å²) in [6, 6.07) is 12.3. The van der Waals surface area contributed by atoms with Crippen molar-refractivity contribution in [2.24, 2.45) is 0 Å². The molecule has 0 aromatic heterocycles. The standard InChI is InChI=1S/C28H24N2O5/c1-5-21(31)30-25(28(34)35)22-14(2)13-15(3)24(16(22)4)29-20-12-8-11-19-23(20)27(33)18-10-7-6-9-17(18)26(19)32/h5-13,25,29H,1H2,2-4H3,(H,30,31)(H,34,35). The van der Waals surface area contributed by atoms with Crippen molar-refractivity contribution in [2.45, 2.75) is 26.8 Å². The second-order valence-corrected chi connectivity index (χ2v) is 8.46. The number of carboxylic acids is 1. The van der Waals surface area contributed by atoms with Gasteiger partial charge in [-0.3, -0.25) is 14.4 Å². The van der Waals surface area contributed by atoms with Crippen LogP contribution in [-0.2, 0) is 9.59 Å². The fourth-order valence-corrected chi connectivity index (χ4v) is 4.68. The first-order chi connectivity index (χ1) is 16.6. The number of rotatable bonds is 6. The molecule has 0 radical (unpaired) electrons. The molecule has 0 aliphatic heterocycles. The van der Waals surface area contributed by atoms with Crippen molar-refractivity contribution in [3.8, 4) is 0 Å². The van der Waals surface area contributed by atoms with Gasteiger partial charge in [0.25, 0.3) is 0 Å². The summed E-state index contributed by atoms with van der Waals surface area (Å²) >= 11 is 0. The van der Waals surface area contributed by atoms with Crippen LogP contribution in [0.5, 0.6) is 0 Å². The Labute approximate surface area is 202 Å². The summed E-state index contributed by atoms with van der Waals surface area (Å²) in [5.41, 5.74) is 4.87. The molecule has 35 heavy (non-hydrogen) atoms. The second-order valence-electron chi connectivity index (χ2n) is 8.46. The van der Waals surface area contributed by atoms with Crippen LogP contribution >= 0.6 is 0 Å². The van der Waals surface area contributed by atoms with Gasteiger partial charge in [0.2, 0.25) is 5.91 Å². The number of amides is 1. The van der Waals surface area contributed by atoms with E-state index < -0.39 is 17.9 Å². The molecule has 3 aromatic carbocycles. The van der Waals surface area contributed by atoms with Crippen LogP contribution in [0.25, 0.3) is 0 Å². The Hall–Kier alpha value is -4.52. The number of carbonyl (C=O) groups excluding carboxylic acids is 3. The van der Waals surface area contributed by atoms with Crippen LogP contribution in [0, 0.1) is 20.8 Å². The van der Waals surface area contributed by atoms with E-state index in [4.69, 9.17) is 0 Å². The topological polar surface area (TPSA) is 113 Å². The zero-order valence-electron chi connectivity index (χ0n) is 19.6. The van der Waals surface area contributed by atoms with Crippen molar-refractivity contribution in [2.75, 3.05) is 5.32 Å². The third kappa shape index (κ3) is 4.01. The van der Waals surface area contributed by atoms with Crippen molar-refractivity contribution in [1.29, 1.82) is 0 Å². The van der Waals surface area contributed by atoms with Crippen molar-refractivity contribution in [3.05, 3.63) is 106 Å². The van der Waals surface area contributed by atoms with E-state index in [-0.39, 0.29) is 17.1 Å². The predicted molar refractivity (Wildman–Crippen MR) is 132 cm³/mol. The second kappa shape index (κ2) is 9.02. The lowest BCUT2D eigenvalue weighted by Gasteiger charge is -2.25. The zero-order valence-corrected chi connectivity index (χ0v) is 19.6. The summed E-state index contributed by atoms with van der Waals surface area (Å²) in [5, 5.41) is 15.6. The fourth-order valence-electron chi connectivity index (χ4n) is 4.68. The van der Waals surface area contributed by atoms with Crippen LogP contribution in [0.15, 0.2) is 61.2 Å². The van der Waals surface area contributed by atoms with Gasteiger partial charge in [-0.25, -0.2) is 4.79 Å². The first kappa shape index (κ1) is 23.6. The number of carboxylic acid groups (broad SMARTS) is 1. The summed E-state index contributed by atoms with van der Waals surface area (Å²) in [6.07, 6.45) is 1.02. The summed E-state index contributed by atoms with van der Waals surface area (Å²) < 4.78 is 0. The highest BCUT2D eigenvalue weighted by Gasteiger charge is 2.32. The largest absolute Gasteiger partial charge is 0.479 e. The maximum Gasteiger partial charge on any atom is 0.330 e. The summed E-state index contributed by atoms with van der Waals surface area (Å²) in [5.74, 6) is -2.31. The molecule has 1 atom stereocenters. The highest BCUT2D eigenvalue weighted by atomic mass is 16.4. The maximum atomic E-state index is 13.4. The number of ketones is 2. The third-order valence-electron chi connectivity index (χ3n) is 6.25. The van der Waals surface area contributed by atoms with E-state index in [2.05, 4.69) is 17.2 Å². The molecule has 0 saturated heterocycles. The van der Waals surface area contributed by atoms with Crippen LogP contribution in [0.1, 0.15) is 60.1 Å². The minimum absolute atomic E-state index is 0.227. The van der Waals surface area contributed by atoms with Crippen LogP contribution in [-0.4, -0.2) is 28.5 Å². The first-order valence-corrected chi connectivity index (χ1v) is 11.0. The van der Waals surface area contributed by atoms with Crippen LogP contribution in [0.2, 0.25) is 0 Å². The Bertz CT molecular complexity index is 1440. The quantitative estimate of drug-likeness (QED) is 0.358. The Morgan fingerprint density at radius 3 is 2.17 bits per heavy atom. The molecule has 1 amide bonds. The molecule has 3 aromatic rings. The summed E-state index contributed by atoms with van der Waals surface area (Å²) in [7, 11) is 0. The lowest BCUT2D eigenvalue weighted by molar-refractivity contribution is -0.141. The molecule has 0 spiro atoms. The molecule has 0 fully saturated rings. The van der Waals surface area contributed by atoms with E-state index in [9.17, 15) is 24.3 Å². The van der Waals surface area contributed by atoms with Crippen LogP contribution < -0.4 is 10.6 Å². The van der Waals surface area contributed by atoms with E-state index in [0.717, 1.165) is 11.6 Å². The molecule has 0 saturated carbocycles. The average molecular weight is 469 g/mol. The normalized spacial score (nSPS) is 12.9. The molecular formula is C28H24N2O5. The van der Waals surface area contributed by atoms with Gasteiger partial charge < -0.3 is 15.7 Å². The third-order valence-corrected chi connectivity index (χ3v) is 6.25. The molecule has 3 N–H and O–H groups in total. The first-order valence-electron chi connectivity index (χ1n) is 11.0. The molecule has 1 unspecified atom stereocenters. The number of nitrogens with one attached hydrogen (secondary N) is 2. The van der Waals surface area contributed by atoms with Gasteiger partial charge in [0.1, 0.15) is 0 Å². The molecule has 7 heteroatoms. The number of aliphatic carboxylic acids is 1. The van der Waals surface area contributed by atoms with E-state index in [1.165, 1.54) is 0 Å². The van der Waals surface area contributed by atoms with Gasteiger partial charge in [0.15, 0.2) is 17.6 Å². The van der Waals surface area contributed by atoms with E-state index in [1.54, 1.807) is 56.3 Å². The molecular weight excluding hydrogens is 444 g/mol. The summed E-state index contributed by atoms with van der Waals surface area (Å²) in [4.78, 5) is 50.4. The SMILES string of the molecule is C=CC(=O)NC(C(=O)O)c1c(C)cc(C)c(Nc2cccc3c2C(=O)c2ccccc2C3=O)c1C. The molecule has 176 valence electrons. The summed E-state index contributed by atoms with van der Waals surface area (Å²) in [6.45, 7) is 8.79. The number of anilines is 2.